The Kier molecular flexibility index (Phi) is 4.50. The number of hydrogen-bond donors (Lipinski definition) is 1. The lowest BCUT2D eigenvalue weighted by Gasteiger charge is -2.17. The van der Waals surface area contributed by atoms with Gasteiger partial charge in [0.1, 0.15) is 5.69 Å². The van der Waals surface area contributed by atoms with Crippen LogP contribution in [-0.2, 0) is 0 Å². The highest BCUT2D eigenvalue weighted by Gasteiger charge is 2.15. The van der Waals surface area contributed by atoms with Crippen molar-refractivity contribution < 1.29 is 4.79 Å². The van der Waals surface area contributed by atoms with Crippen LogP contribution in [0.2, 0.25) is 10.0 Å². The van der Waals surface area contributed by atoms with Gasteiger partial charge >= 0.3 is 0 Å². The Labute approximate surface area is 139 Å². The third kappa shape index (κ3) is 3.34. The van der Waals surface area contributed by atoms with Crippen molar-refractivity contribution in [3.63, 3.8) is 0 Å². The molecule has 1 aromatic carbocycles. The molecule has 1 saturated heterocycles. The minimum atomic E-state index is -0.264. The molecule has 0 radical (unpaired) electrons. The van der Waals surface area contributed by atoms with Gasteiger partial charge in [0, 0.05) is 30.7 Å². The van der Waals surface area contributed by atoms with E-state index in [9.17, 15) is 4.79 Å². The smallest absolute Gasteiger partial charge is 0.274 e. The van der Waals surface area contributed by atoms with E-state index in [1.54, 1.807) is 24.4 Å². The lowest BCUT2D eigenvalue weighted by atomic mass is 10.2. The van der Waals surface area contributed by atoms with Crippen LogP contribution in [0, 0.1) is 0 Å². The average Bonchev–Trinajstić information content (AvgIpc) is 3.05. The van der Waals surface area contributed by atoms with Gasteiger partial charge in [0.15, 0.2) is 0 Å². The average molecular weight is 336 g/mol. The molecule has 2 aromatic rings. The number of carbonyl (C=O) groups is 1. The van der Waals surface area contributed by atoms with Crippen molar-refractivity contribution in [2.45, 2.75) is 12.8 Å². The molecule has 1 aliphatic heterocycles. The molecule has 114 valence electrons. The molecule has 1 N–H and O–H groups in total. The van der Waals surface area contributed by atoms with Crippen LogP contribution in [0.15, 0.2) is 36.5 Å². The first kappa shape index (κ1) is 15.1. The fraction of sp³-hybridized carbons (Fsp3) is 0.250. The van der Waals surface area contributed by atoms with E-state index in [4.69, 9.17) is 23.2 Å². The maximum Gasteiger partial charge on any atom is 0.274 e. The van der Waals surface area contributed by atoms with E-state index in [-0.39, 0.29) is 5.91 Å². The molecule has 0 aliphatic carbocycles. The summed E-state index contributed by atoms with van der Waals surface area (Å²) in [7, 11) is 0. The van der Waals surface area contributed by atoms with Gasteiger partial charge in [0.25, 0.3) is 5.91 Å². The van der Waals surface area contributed by atoms with Crippen molar-refractivity contribution in [2.24, 2.45) is 0 Å². The number of rotatable bonds is 3. The van der Waals surface area contributed by atoms with Crippen LogP contribution in [0.25, 0.3) is 0 Å². The lowest BCUT2D eigenvalue weighted by Crippen LogP contribution is -2.19. The summed E-state index contributed by atoms with van der Waals surface area (Å²) in [5, 5.41) is 3.63. The molecule has 0 atom stereocenters. The fourth-order valence-corrected chi connectivity index (χ4v) is 2.78. The molecule has 3 rings (SSSR count). The lowest BCUT2D eigenvalue weighted by molar-refractivity contribution is 0.102. The predicted molar refractivity (Wildman–Crippen MR) is 90.1 cm³/mol. The first-order valence-electron chi connectivity index (χ1n) is 7.11. The van der Waals surface area contributed by atoms with Crippen molar-refractivity contribution in [2.75, 3.05) is 23.3 Å². The number of amides is 1. The second-order valence-corrected chi connectivity index (χ2v) is 5.99. The second kappa shape index (κ2) is 6.55. The second-order valence-electron chi connectivity index (χ2n) is 5.18. The van der Waals surface area contributed by atoms with Crippen LogP contribution in [0.5, 0.6) is 0 Å². The molecule has 6 heteroatoms. The summed E-state index contributed by atoms with van der Waals surface area (Å²) < 4.78 is 0. The van der Waals surface area contributed by atoms with Crippen molar-refractivity contribution >= 4 is 40.5 Å². The minimum Gasteiger partial charge on any atom is -0.371 e. The maximum absolute atomic E-state index is 12.3. The van der Waals surface area contributed by atoms with Gasteiger partial charge < -0.3 is 10.2 Å². The van der Waals surface area contributed by atoms with Crippen LogP contribution in [-0.4, -0.2) is 24.0 Å². The molecule has 1 amide bonds. The van der Waals surface area contributed by atoms with Gasteiger partial charge in [-0.2, -0.15) is 0 Å². The first-order chi connectivity index (χ1) is 10.6. The van der Waals surface area contributed by atoms with Crippen LogP contribution < -0.4 is 10.2 Å². The molecular weight excluding hydrogens is 321 g/mol. The van der Waals surface area contributed by atoms with E-state index < -0.39 is 0 Å². The quantitative estimate of drug-likeness (QED) is 0.912. The fourth-order valence-electron chi connectivity index (χ4n) is 2.48. The Balaban J connectivity index is 1.76. The minimum absolute atomic E-state index is 0.264. The SMILES string of the molecule is O=C(Nc1ccc(Cl)c(Cl)c1)c1cc(N2CCCC2)ccn1. The number of hydrogen-bond acceptors (Lipinski definition) is 3. The van der Waals surface area contributed by atoms with Gasteiger partial charge in [-0.1, -0.05) is 23.2 Å². The summed E-state index contributed by atoms with van der Waals surface area (Å²) in [4.78, 5) is 18.7. The highest BCUT2D eigenvalue weighted by molar-refractivity contribution is 6.42. The molecule has 0 bridgehead atoms. The van der Waals surface area contributed by atoms with Gasteiger partial charge in [-0.25, -0.2) is 0 Å². The van der Waals surface area contributed by atoms with Crippen molar-refractivity contribution in [3.05, 3.63) is 52.3 Å². The van der Waals surface area contributed by atoms with E-state index in [0.29, 0.717) is 21.4 Å². The molecule has 0 unspecified atom stereocenters. The predicted octanol–water partition coefficient (Wildman–Crippen LogP) is 4.24. The molecule has 0 saturated carbocycles. The molecular formula is C16H15Cl2N3O. The Morgan fingerprint density at radius 2 is 1.86 bits per heavy atom. The van der Waals surface area contributed by atoms with Crippen LogP contribution in [0.1, 0.15) is 23.3 Å². The highest BCUT2D eigenvalue weighted by atomic mass is 35.5. The number of halogens is 2. The van der Waals surface area contributed by atoms with Crippen LogP contribution in [0.4, 0.5) is 11.4 Å². The van der Waals surface area contributed by atoms with E-state index in [1.165, 1.54) is 12.8 Å². The number of benzene rings is 1. The molecule has 1 aromatic heterocycles. The standard InChI is InChI=1S/C16H15Cl2N3O/c17-13-4-3-11(9-14(13)18)20-16(22)15-10-12(5-6-19-15)21-7-1-2-8-21/h3-6,9-10H,1-2,7-8H2,(H,20,22). The monoisotopic (exact) mass is 335 g/mol. The van der Waals surface area contributed by atoms with Crippen LogP contribution in [0.3, 0.4) is 0 Å². The third-order valence-corrected chi connectivity index (χ3v) is 4.36. The number of pyridine rings is 1. The first-order valence-corrected chi connectivity index (χ1v) is 7.86. The third-order valence-electron chi connectivity index (χ3n) is 3.62. The Bertz CT molecular complexity index is 700. The molecule has 1 aliphatic rings. The van der Waals surface area contributed by atoms with Crippen molar-refractivity contribution in [1.82, 2.24) is 4.98 Å². The molecule has 1 fully saturated rings. The Hall–Kier alpha value is -1.78. The zero-order valence-electron chi connectivity index (χ0n) is 11.9. The summed E-state index contributed by atoms with van der Waals surface area (Å²) in [5.41, 5.74) is 2.01. The zero-order chi connectivity index (χ0) is 15.5. The molecule has 0 spiro atoms. The molecule has 22 heavy (non-hydrogen) atoms. The maximum atomic E-state index is 12.3. The van der Waals surface area contributed by atoms with Gasteiger partial charge in [-0.15, -0.1) is 0 Å². The molecule has 4 nitrogen and oxygen atoms in total. The van der Waals surface area contributed by atoms with E-state index in [2.05, 4.69) is 15.2 Å². The normalized spacial score (nSPS) is 14.2. The summed E-state index contributed by atoms with van der Waals surface area (Å²) in [5.74, 6) is -0.264. The van der Waals surface area contributed by atoms with Gasteiger partial charge in [0.05, 0.1) is 10.0 Å². The topological polar surface area (TPSA) is 45.2 Å². The van der Waals surface area contributed by atoms with Crippen molar-refractivity contribution in [1.29, 1.82) is 0 Å². The van der Waals surface area contributed by atoms with Crippen LogP contribution >= 0.6 is 23.2 Å². The zero-order valence-corrected chi connectivity index (χ0v) is 13.4. The number of anilines is 2. The van der Waals surface area contributed by atoms with E-state index >= 15 is 0 Å². The Morgan fingerprint density at radius 3 is 2.59 bits per heavy atom. The number of aromatic nitrogens is 1. The number of nitrogens with zero attached hydrogens (tertiary/aromatic N) is 2. The number of carbonyl (C=O) groups excluding carboxylic acids is 1. The largest absolute Gasteiger partial charge is 0.371 e. The number of nitrogens with one attached hydrogen (secondary N) is 1. The highest BCUT2D eigenvalue weighted by Crippen LogP contribution is 2.25. The summed E-state index contributed by atoms with van der Waals surface area (Å²) in [6.45, 7) is 2.05. The summed E-state index contributed by atoms with van der Waals surface area (Å²) in [6, 6.07) is 8.72. The summed E-state index contributed by atoms with van der Waals surface area (Å²) >= 11 is 11.8. The van der Waals surface area contributed by atoms with Crippen molar-refractivity contribution in [3.8, 4) is 0 Å². The van der Waals surface area contributed by atoms with Gasteiger partial charge in [-0.3, -0.25) is 9.78 Å². The summed E-state index contributed by atoms with van der Waals surface area (Å²) in [6.07, 6.45) is 4.04. The Morgan fingerprint density at radius 1 is 1.09 bits per heavy atom. The van der Waals surface area contributed by atoms with Gasteiger partial charge in [0.2, 0.25) is 0 Å². The van der Waals surface area contributed by atoms with E-state index in [0.717, 1.165) is 18.8 Å². The molecule has 2 heterocycles. The van der Waals surface area contributed by atoms with E-state index in [1.807, 2.05) is 12.1 Å². The van der Waals surface area contributed by atoms with Gasteiger partial charge in [-0.05, 0) is 43.2 Å².